The summed E-state index contributed by atoms with van der Waals surface area (Å²) in [5, 5.41) is 2.76. The van der Waals surface area contributed by atoms with Crippen molar-refractivity contribution in [2.24, 2.45) is 5.84 Å². The molecule has 0 bridgehead atoms. The van der Waals surface area contributed by atoms with E-state index < -0.39 is 0 Å². The van der Waals surface area contributed by atoms with Crippen LogP contribution >= 0.6 is 0 Å². The monoisotopic (exact) mass is 252 g/mol. The molecule has 18 heavy (non-hydrogen) atoms. The molecule has 0 aromatic carbocycles. The first-order chi connectivity index (χ1) is 8.71. The number of nitrogens with zero attached hydrogens (tertiary/aromatic N) is 1. The molecule has 1 amide bonds. The van der Waals surface area contributed by atoms with E-state index in [9.17, 15) is 4.79 Å². The minimum atomic E-state index is -0.150. The lowest BCUT2D eigenvalue weighted by Gasteiger charge is -2.08. The summed E-state index contributed by atoms with van der Waals surface area (Å²) in [6.07, 6.45) is 1.78. The topological polar surface area (TPSA) is 89.3 Å². The van der Waals surface area contributed by atoms with Gasteiger partial charge in [-0.1, -0.05) is 13.3 Å². The summed E-state index contributed by atoms with van der Waals surface area (Å²) in [7, 11) is 1.59. The molecule has 1 aromatic rings. The zero-order valence-corrected chi connectivity index (χ0v) is 10.8. The predicted octanol–water partition coefficient (Wildman–Crippen LogP) is 0.696. The number of anilines is 1. The van der Waals surface area contributed by atoms with Crippen LogP contribution in [-0.2, 0) is 11.2 Å². The molecular formula is C12H20N4O2. The molecule has 6 heteroatoms. The Labute approximate surface area is 107 Å². The first-order valence-corrected chi connectivity index (χ1v) is 5.96. The van der Waals surface area contributed by atoms with Crippen molar-refractivity contribution >= 4 is 11.7 Å². The van der Waals surface area contributed by atoms with Gasteiger partial charge in [-0.05, 0) is 18.6 Å². The number of hydrogen-bond acceptors (Lipinski definition) is 5. The second-order valence-electron chi connectivity index (χ2n) is 3.88. The van der Waals surface area contributed by atoms with E-state index in [0.29, 0.717) is 24.5 Å². The standard InChI is InChI=1S/C12H20N4O2/c1-3-4-10-7-9(8-11(15-10)16-13)12(17)14-5-6-18-2/h7-8H,3-6,13H2,1-2H3,(H,14,17)(H,15,16). The SMILES string of the molecule is CCCc1cc(C(=O)NCCOC)cc(NN)n1. The van der Waals surface area contributed by atoms with E-state index in [2.05, 4.69) is 22.7 Å². The molecule has 4 N–H and O–H groups in total. The van der Waals surface area contributed by atoms with E-state index in [1.807, 2.05) is 0 Å². The fraction of sp³-hybridized carbons (Fsp3) is 0.500. The zero-order chi connectivity index (χ0) is 13.4. The summed E-state index contributed by atoms with van der Waals surface area (Å²) >= 11 is 0. The van der Waals surface area contributed by atoms with Crippen LogP contribution in [-0.4, -0.2) is 31.2 Å². The second-order valence-corrected chi connectivity index (χ2v) is 3.88. The van der Waals surface area contributed by atoms with Gasteiger partial charge in [0.2, 0.25) is 0 Å². The Morgan fingerprint density at radius 3 is 2.89 bits per heavy atom. The minimum Gasteiger partial charge on any atom is -0.383 e. The van der Waals surface area contributed by atoms with Gasteiger partial charge in [0.15, 0.2) is 0 Å². The Kier molecular flexibility index (Phi) is 6.10. The molecule has 0 spiro atoms. The van der Waals surface area contributed by atoms with E-state index in [1.54, 1.807) is 19.2 Å². The van der Waals surface area contributed by atoms with E-state index >= 15 is 0 Å². The number of hydrazine groups is 1. The first kappa shape index (κ1) is 14.4. The van der Waals surface area contributed by atoms with Gasteiger partial charge in [0.05, 0.1) is 6.61 Å². The molecule has 0 radical (unpaired) electrons. The number of ether oxygens (including phenoxy) is 1. The number of nitrogen functional groups attached to an aromatic ring is 1. The highest BCUT2D eigenvalue weighted by Crippen LogP contribution is 2.11. The number of methoxy groups -OCH3 is 1. The average Bonchev–Trinajstić information content (AvgIpc) is 2.39. The third-order valence-corrected chi connectivity index (χ3v) is 2.39. The molecule has 1 heterocycles. The first-order valence-electron chi connectivity index (χ1n) is 5.96. The summed E-state index contributed by atoms with van der Waals surface area (Å²) in [5.41, 5.74) is 3.88. The van der Waals surface area contributed by atoms with Gasteiger partial charge in [-0.2, -0.15) is 0 Å². The number of rotatable bonds is 7. The van der Waals surface area contributed by atoms with E-state index in [1.165, 1.54) is 0 Å². The van der Waals surface area contributed by atoms with Crippen molar-refractivity contribution in [3.8, 4) is 0 Å². The Morgan fingerprint density at radius 1 is 1.50 bits per heavy atom. The molecule has 0 fully saturated rings. The smallest absolute Gasteiger partial charge is 0.251 e. The number of carbonyl (C=O) groups is 1. The van der Waals surface area contributed by atoms with Crippen molar-refractivity contribution < 1.29 is 9.53 Å². The Balaban J connectivity index is 2.79. The number of hydrogen-bond donors (Lipinski definition) is 3. The van der Waals surface area contributed by atoms with Crippen LogP contribution in [0.15, 0.2) is 12.1 Å². The molecule has 0 aliphatic carbocycles. The van der Waals surface area contributed by atoms with E-state index in [0.717, 1.165) is 18.5 Å². The van der Waals surface area contributed by atoms with Gasteiger partial charge >= 0.3 is 0 Å². The average molecular weight is 252 g/mol. The van der Waals surface area contributed by atoms with Gasteiger partial charge in [-0.3, -0.25) is 4.79 Å². The number of nitrogens with two attached hydrogens (primary N) is 1. The maximum absolute atomic E-state index is 11.9. The van der Waals surface area contributed by atoms with Crippen LogP contribution in [0.1, 0.15) is 29.4 Å². The number of amides is 1. The predicted molar refractivity (Wildman–Crippen MR) is 70.3 cm³/mol. The van der Waals surface area contributed by atoms with Crippen LogP contribution in [0.2, 0.25) is 0 Å². The number of carbonyl (C=O) groups excluding carboxylic acids is 1. The normalized spacial score (nSPS) is 10.2. The van der Waals surface area contributed by atoms with Crippen LogP contribution in [0, 0.1) is 0 Å². The molecule has 6 nitrogen and oxygen atoms in total. The maximum Gasteiger partial charge on any atom is 0.251 e. The molecule has 0 aliphatic heterocycles. The Hall–Kier alpha value is -1.66. The molecule has 0 unspecified atom stereocenters. The van der Waals surface area contributed by atoms with Crippen LogP contribution in [0.4, 0.5) is 5.82 Å². The Bertz CT molecular complexity index is 396. The van der Waals surface area contributed by atoms with Crippen LogP contribution in [0.25, 0.3) is 0 Å². The van der Waals surface area contributed by atoms with E-state index in [-0.39, 0.29) is 5.91 Å². The third-order valence-electron chi connectivity index (χ3n) is 2.39. The van der Waals surface area contributed by atoms with Crippen molar-refractivity contribution in [1.29, 1.82) is 0 Å². The highest BCUT2D eigenvalue weighted by atomic mass is 16.5. The van der Waals surface area contributed by atoms with Crippen molar-refractivity contribution in [3.05, 3.63) is 23.4 Å². The fourth-order valence-electron chi connectivity index (χ4n) is 1.55. The highest BCUT2D eigenvalue weighted by Gasteiger charge is 2.09. The molecule has 0 atom stereocenters. The number of aryl methyl sites for hydroxylation is 1. The van der Waals surface area contributed by atoms with Crippen molar-refractivity contribution in [3.63, 3.8) is 0 Å². The molecule has 1 aromatic heterocycles. The molecule has 0 saturated carbocycles. The van der Waals surface area contributed by atoms with Gasteiger partial charge < -0.3 is 15.5 Å². The summed E-state index contributed by atoms with van der Waals surface area (Å²) < 4.78 is 4.88. The summed E-state index contributed by atoms with van der Waals surface area (Å²) in [6.45, 7) is 3.02. The lowest BCUT2D eigenvalue weighted by Crippen LogP contribution is -2.27. The largest absolute Gasteiger partial charge is 0.383 e. The van der Waals surface area contributed by atoms with Crippen LogP contribution in [0.3, 0.4) is 0 Å². The molecule has 0 saturated heterocycles. The lowest BCUT2D eigenvalue weighted by molar-refractivity contribution is 0.0937. The minimum absolute atomic E-state index is 0.150. The van der Waals surface area contributed by atoms with Gasteiger partial charge in [0.25, 0.3) is 5.91 Å². The summed E-state index contributed by atoms with van der Waals surface area (Å²) in [5.74, 6) is 5.69. The van der Waals surface area contributed by atoms with Crippen molar-refractivity contribution in [2.45, 2.75) is 19.8 Å². The van der Waals surface area contributed by atoms with Crippen molar-refractivity contribution in [2.75, 3.05) is 25.7 Å². The molecule has 100 valence electrons. The van der Waals surface area contributed by atoms with E-state index in [4.69, 9.17) is 10.6 Å². The maximum atomic E-state index is 11.9. The molecule has 1 rings (SSSR count). The quantitative estimate of drug-likeness (QED) is 0.377. The Morgan fingerprint density at radius 2 is 2.28 bits per heavy atom. The molecule has 0 aliphatic rings. The number of nitrogens with one attached hydrogen (secondary N) is 2. The highest BCUT2D eigenvalue weighted by molar-refractivity contribution is 5.94. The second kappa shape index (κ2) is 7.62. The van der Waals surface area contributed by atoms with Gasteiger partial charge in [-0.25, -0.2) is 10.8 Å². The zero-order valence-electron chi connectivity index (χ0n) is 10.8. The van der Waals surface area contributed by atoms with Crippen molar-refractivity contribution in [1.82, 2.24) is 10.3 Å². The van der Waals surface area contributed by atoms with Gasteiger partial charge in [0, 0.05) is 24.9 Å². The van der Waals surface area contributed by atoms with Crippen LogP contribution in [0.5, 0.6) is 0 Å². The fourth-order valence-corrected chi connectivity index (χ4v) is 1.55. The summed E-state index contributed by atoms with van der Waals surface area (Å²) in [6, 6.07) is 3.41. The lowest BCUT2D eigenvalue weighted by atomic mass is 10.1. The van der Waals surface area contributed by atoms with Gasteiger partial charge in [-0.15, -0.1) is 0 Å². The van der Waals surface area contributed by atoms with Crippen LogP contribution < -0.4 is 16.6 Å². The number of pyridine rings is 1. The third kappa shape index (κ3) is 4.31. The van der Waals surface area contributed by atoms with Gasteiger partial charge in [0.1, 0.15) is 5.82 Å². The summed E-state index contributed by atoms with van der Waals surface area (Å²) in [4.78, 5) is 16.2. The molecular weight excluding hydrogens is 232 g/mol. The number of aromatic nitrogens is 1.